The lowest BCUT2D eigenvalue weighted by atomic mass is 10.1. The number of aromatic amines is 1. The van der Waals surface area contributed by atoms with Gasteiger partial charge in [0.25, 0.3) is 0 Å². The number of aliphatic carboxylic acids is 1. The van der Waals surface area contributed by atoms with Gasteiger partial charge in [0.15, 0.2) is 9.84 Å². The second-order valence-corrected chi connectivity index (χ2v) is 6.32. The molecule has 0 saturated heterocycles. The third kappa shape index (κ3) is 2.44. The molecule has 0 unspecified atom stereocenters. The van der Waals surface area contributed by atoms with Crippen molar-refractivity contribution < 1.29 is 18.3 Å². The third-order valence-corrected chi connectivity index (χ3v) is 4.39. The maximum atomic E-state index is 11.4. The minimum atomic E-state index is -2.93. The van der Waals surface area contributed by atoms with Crippen LogP contribution < -0.4 is 0 Å². The van der Waals surface area contributed by atoms with Crippen molar-refractivity contribution in [2.45, 2.75) is 19.3 Å². The van der Waals surface area contributed by atoms with Crippen LogP contribution in [0.2, 0.25) is 0 Å². The lowest BCUT2D eigenvalue weighted by molar-refractivity contribution is -0.136. The van der Waals surface area contributed by atoms with E-state index in [4.69, 9.17) is 5.11 Å². The molecule has 6 heteroatoms. The molecule has 1 aliphatic heterocycles. The van der Waals surface area contributed by atoms with E-state index in [0.29, 0.717) is 18.5 Å². The summed E-state index contributed by atoms with van der Waals surface area (Å²) in [5, 5.41) is 8.65. The maximum absolute atomic E-state index is 11.4. The van der Waals surface area contributed by atoms with Crippen LogP contribution in [0, 0.1) is 0 Å². The Morgan fingerprint density at radius 1 is 1.38 bits per heavy atom. The number of hydrogen-bond donors (Lipinski definition) is 2. The summed E-state index contributed by atoms with van der Waals surface area (Å²) in [4.78, 5) is 13.5. The number of sulfone groups is 1. The van der Waals surface area contributed by atoms with Crippen LogP contribution >= 0.6 is 0 Å². The van der Waals surface area contributed by atoms with Crippen LogP contribution in [-0.2, 0) is 33.9 Å². The Hall–Kier alpha value is -1.30. The number of carboxylic acid groups (broad SMARTS) is 1. The van der Waals surface area contributed by atoms with E-state index in [-0.39, 0.29) is 17.9 Å². The molecule has 0 spiro atoms. The van der Waals surface area contributed by atoms with Crippen LogP contribution in [0.25, 0.3) is 0 Å². The Kier molecular flexibility index (Phi) is 2.75. The molecule has 0 fully saturated rings. The molecule has 0 aliphatic carbocycles. The predicted octanol–water partition coefficient (Wildman–Crippen LogP) is 0.155. The zero-order chi connectivity index (χ0) is 11.8. The molecule has 1 aromatic heterocycles. The molecule has 0 radical (unpaired) electrons. The molecule has 0 bridgehead atoms. The Balaban J connectivity index is 2.22. The highest BCUT2D eigenvalue weighted by Gasteiger charge is 2.20. The summed E-state index contributed by atoms with van der Waals surface area (Å²) < 4.78 is 22.8. The van der Waals surface area contributed by atoms with E-state index in [0.717, 1.165) is 11.3 Å². The molecule has 0 atom stereocenters. The van der Waals surface area contributed by atoms with E-state index in [1.54, 1.807) is 6.07 Å². The van der Waals surface area contributed by atoms with E-state index >= 15 is 0 Å². The zero-order valence-corrected chi connectivity index (χ0v) is 9.51. The number of rotatable bonds is 2. The van der Waals surface area contributed by atoms with Gasteiger partial charge in [0.2, 0.25) is 0 Å². The second kappa shape index (κ2) is 3.93. The van der Waals surface area contributed by atoms with Gasteiger partial charge in [-0.1, -0.05) is 0 Å². The Morgan fingerprint density at radius 2 is 2.06 bits per heavy atom. The first-order chi connectivity index (χ1) is 7.46. The molecule has 1 aliphatic rings. The molecular formula is C10H13NO4S. The summed E-state index contributed by atoms with van der Waals surface area (Å²) in [6.07, 6.45) is 0.894. The Labute approximate surface area is 93.4 Å². The zero-order valence-electron chi connectivity index (χ0n) is 8.69. The molecule has 0 aromatic carbocycles. The lowest BCUT2D eigenvalue weighted by Crippen LogP contribution is -2.11. The van der Waals surface area contributed by atoms with Crippen molar-refractivity contribution in [3.63, 3.8) is 0 Å². The molecule has 1 aromatic rings. The van der Waals surface area contributed by atoms with Crippen LogP contribution in [0.5, 0.6) is 0 Å². The van der Waals surface area contributed by atoms with Gasteiger partial charge in [-0.2, -0.15) is 0 Å². The summed E-state index contributed by atoms with van der Waals surface area (Å²) in [7, 11) is -2.93. The van der Waals surface area contributed by atoms with Gasteiger partial charge in [-0.05, 0) is 18.1 Å². The minimum Gasteiger partial charge on any atom is -0.481 e. The van der Waals surface area contributed by atoms with E-state index in [2.05, 4.69) is 4.98 Å². The normalized spacial score (nSPS) is 18.8. The van der Waals surface area contributed by atoms with Crippen LogP contribution in [0.3, 0.4) is 0 Å². The average Bonchev–Trinajstić information content (AvgIpc) is 2.48. The quantitative estimate of drug-likeness (QED) is 0.774. The van der Waals surface area contributed by atoms with Gasteiger partial charge in [-0.15, -0.1) is 0 Å². The summed E-state index contributed by atoms with van der Waals surface area (Å²) in [6, 6.07) is 1.77. The first-order valence-electron chi connectivity index (χ1n) is 5.08. The van der Waals surface area contributed by atoms with Gasteiger partial charge < -0.3 is 10.1 Å². The second-order valence-electron chi connectivity index (χ2n) is 4.02. The van der Waals surface area contributed by atoms with Crippen molar-refractivity contribution >= 4 is 15.8 Å². The van der Waals surface area contributed by atoms with Gasteiger partial charge >= 0.3 is 5.97 Å². The summed E-state index contributed by atoms with van der Waals surface area (Å²) in [6.45, 7) is 0. The van der Waals surface area contributed by atoms with E-state index in [9.17, 15) is 13.2 Å². The smallest absolute Gasteiger partial charge is 0.309 e. The van der Waals surface area contributed by atoms with Crippen molar-refractivity contribution in [2.75, 3.05) is 11.5 Å². The van der Waals surface area contributed by atoms with Crippen LogP contribution in [0.4, 0.5) is 0 Å². The molecular weight excluding hydrogens is 230 g/mol. The highest BCUT2D eigenvalue weighted by Crippen LogP contribution is 2.18. The van der Waals surface area contributed by atoms with Gasteiger partial charge in [-0.3, -0.25) is 4.79 Å². The first kappa shape index (κ1) is 11.2. The number of fused-ring (bicyclic) bond motifs is 1. The van der Waals surface area contributed by atoms with E-state index < -0.39 is 15.8 Å². The monoisotopic (exact) mass is 243 g/mol. The fourth-order valence-corrected chi connectivity index (χ4v) is 3.19. The largest absolute Gasteiger partial charge is 0.481 e. The topological polar surface area (TPSA) is 87.2 Å². The van der Waals surface area contributed by atoms with Gasteiger partial charge in [0.05, 0.1) is 17.9 Å². The van der Waals surface area contributed by atoms with Crippen LogP contribution in [0.15, 0.2) is 6.07 Å². The fourth-order valence-electron chi connectivity index (χ4n) is 1.94. The average molecular weight is 243 g/mol. The van der Waals surface area contributed by atoms with Gasteiger partial charge in [0, 0.05) is 17.8 Å². The molecule has 2 rings (SSSR count). The summed E-state index contributed by atoms with van der Waals surface area (Å²) >= 11 is 0. The van der Waals surface area contributed by atoms with Crippen molar-refractivity contribution in [3.05, 3.63) is 23.0 Å². The fraction of sp³-hybridized carbons (Fsp3) is 0.500. The van der Waals surface area contributed by atoms with Gasteiger partial charge in [-0.25, -0.2) is 8.42 Å². The number of H-pyrrole nitrogens is 1. The minimum absolute atomic E-state index is 0.0419. The van der Waals surface area contributed by atoms with Gasteiger partial charge in [0.1, 0.15) is 0 Å². The Morgan fingerprint density at radius 3 is 2.75 bits per heavy atom. The summed E-state index contributed by atoms with van der Waals surface area (Å²) in [5.41, 5.74) is 2.46. The molecule has 88 valence electrons. The number of aromatic nitrogens is 1. The van der Waals surface area contributed by atoms with Crippen molar-refractivity contribution in [1.82, 2.24) is 4.98 Å². The highest BCUT2D eigenvalue weighted by molar-refractivity contribution is 7.91. The SMILES string of the molecule is O=C(O)Cc1cc2c([nH]1)CCS(=O)(=O)CC2. The predicted molar refractivity (Wildman–Crippen MR) is 58.2 cm³/mol. The van der Waals surface area contributed by atoms with Crippen molar-refractivity contribution in [1.29, 1.82) is 0 Å². The molecule has 16 heavy (non-hydrogen) atoms. The highest BCUT2D eigenvalue weighted by atomic mass is 32.2. The number of carbonyl (C=O) groups is 1. The number of hydrogen-bond acceptors (Lipinski definition) is 3. The molecule has 0 amide bonds. The van der Waals surface area contributed by atoms with Crippen LogP contribution in [0.1, 0.15) is 17.0 Å². The van der Waals surface area contributed by atoms with Crippen molar-refractivity contribution in [2.24, 2.45) is 0 Å². The molecule has 2 N–H and O–H groups in total. The lowest BCUT2D eigenvalue weighted by Gasteiger charge is -1.97. The number of aryl methyl sites for hydroxylation is 2. The molecule has 2 heterocycles. The maximum Gasteiger partial charge on any atom is 0.309 e. The van der Waals surface area contributed by atoms with E-state index in [1.807, 2.05) is 0 Å². The van der Waals surface area contributed by atoms with Crippen LogP contribution in [-0.4, -0.2) is 36.0 Å². The Bertz CT molecular complexity index is 483. The molecule has 5 nitrogen and oxygen atoms in total. The standard InChI is InChI=1S/C10H13NO4S/c12-10(13)6-8-5-7-1-3-16(14,15)4-2-9(7)11-8/h5,11H,1-4,6H2,(H,12,13). The number of carboxylic acids is 1. The summed E-state index contributed by atoms with van der Waals surface area (Å²) in [5.74, 6) is -0.582. The number of nitrogens with one attached hydrogen (secondary N) is 1. The third-order valence-electron chi connectivity index (χ3n) is 2.73. The van der Waals surface area contributed by atoms with E-state index in [1.165, 1.54) is 0 Å². The van der Waals surface area contributed by atoms with Crippen molar-refractivity contribution in [3.8, 4) is 0 Å². The first-order valence-corrected chi connectivity index (χ1v) is 6.90. The molecule has 0 saturated carbocycles.